The highest BCUT2D eigenvalue weighted by Gasteiger charge is 2.13. The van der Waals surface area contributed by atoms with Gasteiger partial charge in [-0.15, -0.1) is 0 Å². The number of hydrogen-bond acceptors (Lipinski definition) is 4. The molecule has 0 aliphatic carbocycles. The predicted octanol–water partition coefficient (Wildman–Crippen LogP) is 3.25. The van der Waals surface area contributed by atoms with Crippen LogP contribution in [0, 0.1) is 5.82 Å². The van der Waals surface area contributed by atoms with Gasteiger partial charge in [-0.2, -0.15) is 4.98 Å². The standard InChI is InChI=1S/C14H9FN2O2/c15-12-4-2-1-3-11(12)13-16-14(19-17-13)9-5-7-10(18)8-6-9/h1-8,18H. The van der Waals surface area contributed by atoms with E-state index in [9.17, 15) is 9.50 Å². The molecular weight excluding hydrogens is 247 g/mol. The Morgan fingerprint density at radius 3 is 2.47 bits per heavy atom. The molecule has 0 spiro atoms. The summed E-state index contributed by atoms with van der Waals surface area (Å²) in [6, 6.07) is 12.5. The van der Waals surface area contributed by atoms with Gasteiger partial charge in [0.25, 0.3) is 5.89 Å². The van der Waals surface area contributed by atoms with Gasteiger partial charge in [0.15, 0.2) is 0 Å². The first kappa shape index (κ1) is 11.4. The van der Waals surface area contributed by atoms with E-state index in [1.807, 2.05) is 0 Å². The molecule has 0 amide bonds. The summed E-state index contributed by atoms with van der Waals surface area (Å²) in [5, 5.41) is 13.0. The lowest BCUT2D eigenvalue weighted by molar-refractivity contribution is 0.431. The van der Waals surface area contributed by atoms with Gasteiger partial charge in [-0.3, -0.25) is 0 Å². The monoisotopic (exact) mass is 256 g/mol. The van der Waals surface area contributed by atoms with Crippen molar-refractivity contribution in [2.45, 2.75) is 0 Å². The van der Waals surface area contributed by atoms with Gasteiger partial charge in [0.05, 0.1) is 5.56 Å². The maximum Gasteiger partial charge on any atom is 0.258 e. The molecule has 4 nitrogen and oxygen atoms in total. The van der Waals surface area contributed by atoms with Crippen molar-refractivity contribution in [3.8, 4) is 28.6 Å². The molecule has 19 heavy (non-hydrogen) atoms. The van der Waals surface area contributed by atoms with Crippen molar-refractivity contribution in [2.75, 3.05) is 0 Å². The van der Waals surface area contributed by atoms with Gasteiger partial charge in [-0.1, -0.05) is 17.3 Å². The summed E-state index contributed by atoms with van der Waals surface area (Å²) in [6.45, 7) is 0. The van der Waals surface area contributed by atoms with Gasteiger partial charge < -0.3 is 9.63 Å². The number of aromatic nitrogens is 2. The second kappa shape index (κ2) is 4.53. The number of aromatic hydroxyl groups is 1. The molecule has 0 aliphatic heterocycles. The Morgan fingerprint density at radius 1 is 1.00 bits per heavy atom. The van der Waals surface area contributed by atoms with Crippen LogP contribution < -0.4 is 0 Å². The third kappa shape index (κ3) is 2.18. The molecule has 3 rings (SSSR count). The Bertz CT molecular complexity index is 707. The van der Waals surface area contributed by atoms with E-state index in [-0.39, 0.29) is 23.0 Å². The van der Waals surface area contributed by atoms with E-state index in [0.29, 0.717) is 5.56 Å². The average molecular weight is 256 g/mol. The summed E-state index contributed by atoms with van der Waals surface area (Å²) in [5.41, 5.74) is 0.948. The summed E-state index contributed by atoms with van der Waals surface area (Å²) < 4.78 is 18.7. The quantitative estimate of drug-likeness (QED) is 0.764. The Morgan fingerprint density at radius 2 is 1.74 bits per heavy atom. The second-order valence-electron chi connectivity index (χ2n) is 3.95. The van der Waals surface area contributed by atoms with E-state index in [1.54, 1.807) is 30.3 Å². The Hall–Kier alpha value is -2.69. The van der Waals surface area contributed by atoms with E-state index < -0.39 is 5.82 Å². The zero-order valence-electron chi connectivity index (χ0n) is 9.75. The van der Waals surface area contributed by atoms with Crippen LogP contribution in [0.4, 0.5) is 4.39 Å². The van der Waals surface area contributed by atoms with Crippen molar-refractivity contribution < 1.29 is 14.0 Å². The minimum Gasteiger partial charge on any atom is -0.508 e. The SMILES string of the molecule is Oc1ccc(-c2nc(-c3ccccc3F)no2)cc1. The van der Waals surface area contributed by atoms with Crippen LogP contribution in [-0.4, -0.2) is 15.2 Å². The van der Waals surface area contributed by atoms with Crippen LogP contribution in [0.25, 0.3) is 22.8 Å². The van der Waals surface area contributed by atoms with Crippen molar-refractivity contribution in [1.82, 2.24) is 10.1 Å². The first-order chi connectivity index (χ1) is 9.24. The van der Waals surface area contributed by atoms with E-state index in [0.717, 1.165) is 0 Å². The molecule has 94 valence electrons. The zero-order chi connectivity index (χ0) is 13.2. The highest BCUT2D eigenvalue weighted by molar-refractivity contribution is 5.60. The summed E-state index contributed by atoms with van der Waals surface area (Å²) in [7, 11) is 0. The number of phenols is 1. The number of hydrogen-bond donors (Lipinski definition) is 1. The summed E-state index contributed by atoms with van der Waals surface area (Å²) in [4.78, 5) is 4.14. The number of benzene rings is 2. The molecule has 3 aromatic rings. The number of rotatable bonds is 2. The van der Waals surface area contributed by atoms with Gasteiger partial charge >= 0.3 is 0 Å². The summed E-state index contributed by atoms with van der Waals surface area (Å²) in [6.07, 6.45) is 0. The molecule has 5 heteroatoms. The van der Waals surface area contributed by atoms with Gasteiger partial charge in [0.1, 0.15) is 11.6 Å². The van der Waals surface area contributed by atoms with Crippen LogP contribution in [0.3, 0.4) is 0 Å². The highest BCUT2D eigenvalue weighted by atomic mass is 19.1. The molecule has 0 bridgehead atoms. The molecule has 0 unspecified atom stereocenters. The minimum atomic E-state index is -0.402. The van der Waals surface area contributed by atoms with Crippen LogP contribution in [0.2, 0.25) is 0 Å². The van der Waals surface area contributed by atoms with Gasteiger partial charge in [0.2, 0.25) is 5.82 Å². The van der Waals surface area contributed by atoms with Crippen molar-refractivity contribution >= 4 is 0 Å². The third-order valence-corrected chi connectivity index (χ3v) is 2.66. The fourth-order valence-corrected chi connectivity index (χ4v) is 1.70. The third-order valence-electron chi connectivity index (χ3n) is 2.66. The van der Waals surface area contributed by atoms with Gasteiger partial charge in [-0.25, -0.2) is 4.39 Å². The Labute approximate surface area is 108 Å². The first-order valence-corrected chi connectivity index (χ1v) is 5.62. The summed E-state index contributed by atoms with van der Waals surface area (Å²) >= 11 is 0. The van der Waals surface area contributed by atoms with Gasteiger partial charge in [-0.05, 0) is 36.4 Å². The van der Waals surface area contributed by atoms with E-state index in [1.165, 1.54) is 18.2 Å². The molecule has 0 radical (unpaired) electrons. The van der Waals surface area contributed by atoms with Crippen LogP contribution in [0.5, 0.6) is 5.75 Å². The molecule has 0 atom stereocenters. The minimum absolute atomic E-state index is 0.151. The lowest BCUT2D eigenvalue weighted by Gasteiger charge is -1.95. The molecule has 1 heterocycles. The Kier molecular flexibility index (Phi) is 2.72. The second-order valence-corrected chi connectivity index (χ2v) is 3.95. The number of phenolic OH excluding ortho intramolecular Hbond substituents is 1. The number of nitrogens with zero attached hydrogens (tertiary/aromatic N) is 2. The molecule has 0 saturated heterocycles. The molecule has 1 N–H and O–H groups in total. The molecule has 0 aliphatic rings. The van der Waals surface area contributed by atoms with Crippen LogP contribution in [0.15, 0.2) is 53.1 Å². The lowest BCUT2D eigenvalue weighted by Crippen LogP contribution is -1.85. The highest BCUT2D eigenvalue weighted by Crippen LogP contribution is 2.24. The fourth-order valence-electron chi connectivity index (χ4n) is 1.70. The smallest absolute Gasteiger partial charge is 0.258 e. The van der Waals surface area contributed by atoms with Gasteiger partial charge in [0, 0.05) is 5.56 Å². The molecule has 2 aromatic carbocycles. The molecular formula is C14H9FN2O2. The van der Waals surface area contributed by atoms with Crippen molar-refractivity contribution in [2.24, 2.45) is 0 Å². The van der Waals surface area contributed by atoms with Crippen molar-refractivity contribution in [3.05, 3.63) is 54.3 Å². The van der Waals surface area contributed by atoms with E-state index in [4.69, 9.17) is 4.52 Å². The zero-order valence-corrected chi connectivity index (χ0v) is 9.75. The molecule has 0 saturated carbocycles. The normalized spacial score (nSPS) is 10.6. The largest absolute Gasteiger partial charge is 0.508 e. The maximum atomic E-state index is 13.6. The first-order valence-electron chi connectivity index (χ1n) is 5.62. The molecule has 0 fully saturated rings. The Balaban J connectivity index is 2.00. The van der Waals surface area contributed by atoms with Crippen LogP contribution >= 0.6 is 0 Å². The fraction of sp³-hybridized carbons (Fsp3) is 0. The topological polar surface area (TPSA) is 59.2 Å². The van der Waals surface area contributed by atoms with Crippen LogP contribution in [-0.2, 0) is 0 Å². The van der Waals surface area contributed by atoms with E-state index >= 15 is 0 Å². The van der Waals surface area contributed by atoms with Crippen LogP contribution in [0.1, 0.15) is 0 Å². The predicted molar refractivity (Wildman–Crippen MR) is 66.8 cm³/mol. The average Bonchev–Trinajstić information content (AvgIpc) is 2.89. The number of halogens is 1. The van der Waals surface area contributed by atoms with E-state index in [2.05, 4.69) is 10.1 Å². The lowest BCUT2D eigenvalue weighted by atomic mass is 10.2. The van der Waals surface area contributed by atoms with Crippen molar-refractivity contribution in [3.63, 3.8) is 0 Å². The molecule has 1 aromatic heterocycles. The maximum absolute atomic E-state index is 13.6. The van der Waals surface area contributed by atoms with Crippen molar-refractivity contribution in [1.29, 1.82) is 0 Å². The summed E-state index contributed by atoms with van der Waals surface area (Å²) in [5.74, 6) is 0.220.